The smallest absolute Gasteiger partial charge is 0.192 e. The van der Waals surface area contributed by atoms with Crippen molar-refractivity contribution in [2.75, 3.05) is 13.7 Å². The van der Waals surface area contributed by atoms with Crippen LogP contribution in [0.4, 0.5) is 0 Å². The number of methoxy groups -OCH3 is 1. The average Bonchev–Trinajstić information content (AvgIpc) is 3.22. The largest absolute Gasteiger partial charge is 0.414 e. The predicted octanol–water partition coefficient (Wildman–Crippen LogP) is 4.02. The molecule has 6 atom stereocenters. The number of allylic oxidation sites excluding steroid dienone is 2. The van der Waals surface area contributed by atoms with E-state index in [1.807, 2.05) is 0 Å². The lowest BCUT2D eigenvalue weighted by Crippen LogP contribution is -2.50. The summed E-state index contributed by atoms with van der Waals surface area (Å²) in [6, 6.07) is 0. The molecule has 142 valence electrons. The van der Waals surface area contributed by atoms with Crippen molar-refractivity contribution in [3.8, 4) is 0 Å². The molecule has 0 amide bonds. The maximum Gasteiger partial charge on any atom is 0.192 e. The second kappa shape index (κ2) is 6.29. The molecular weight excluding hydrogens is 332 g/mol. The molecule has 2 bridgehead atoms. The molecule has 1 unspecified atom stereocenters. The van der Waals surface area contributed by atoms with Gasteiger partial charge in [0, 0.05) is 13.0 Å². The molecule has 0 spiro atoms. The number of rotatable bonds is 7. The highest BCUT2D eigenvalue weighted by atomic mass is 28.4. The third-order valence-corrected chi connectivity index (χ3v) is 12.5. The highest BCUT2D eigenvalue weighted by Crippen LogP contribution is 2.63. The molecule has 5 heteroatoms. The Kier molecular flexibility index (Phi) is 4.85. The Hall–Kier alpha value is -0.493. The van der Waals surface area contributed by atoms with Gasteiger partial charge in [-0.25, -0.2) is 0 Å². The first-order valence-electron chi connectivity index (χ1n) is 9.58. The van der Waals surface area contributed by atoms with Crippen LogP contribution in [0.15, 0.2) is 12.2 Å². The van der Waals surface area contributed by atoms with E-state index in [-0.39, 0.29) is 29.3 Å². The van der Waals surface area contributed by atoms with Crippen LogP contribution in [-0.4, -0.2) is 40.7 Å². The van der Waals surface area contributed by atoms with E-state index in [1.54, 1.807) is 7.11 Å². The number of fused-ring (bicyclic) bond motifs is 5. The van der Waals surface area contributed by atoms with Crippen molar-refractivity contribution in [1.82, 2.24) is 0 Å². The van der Waals surface area contributed by atoms with Crippen LogP contribution in [0.2, 0.25) is 18.1 Å². The minimum absolute atomic E-state index is 0.126. The van der Waals surface area contributed by atoms with Crippen LogP contribution in [0.3, 0.4) is 0 Å². The van der Waals surface area contributed by atoms with E-state index in [1.165, 1.54) is 0 Å². The van der Waals surface area contributed by atoms with Crippen LogP contribution in [-0.2, 0) is 18.7 Å². The Labute approximate surface area is 153 Å². The van der Waals surface area contributed by atoms with Gasteiger partial charge in [0.25, 0.3) is 0 Å². The van der Waals surface area contributed by atoms with Crippen molar-refractivity contribution in [2.24, 2.45) is 29.1 Å². The Morgan fingerprint density at radius 1 is 1.36 bits per heavy atom. The number of ether oxygens (including phenoxy) is 2. The van der Waals surface area contributed by atoms with Gasteiger partial charge in [0.2, 0.25) is 0 Å². The van der Waals surface area contributed by atoms with Crippen molar-refractivity contribution in [2.45, 2.75) is 64.6 Å². The van der Waals surface area contributed by atoms with Gasteiger partial charge in [-0.2, -0.15) is 0 Å². The molecule has 1 heterocycles. The summed E-state index contributed by atoms with van der Waals surface area (Å²) in [5, 5.41) is 0.147. The first kappa shape index (κ1) is 19.3. The number of carbonyl (C=O) groups excluding carboxylic acids is 1. The van der Waals surface area contributed by atoms with Gasteiger partial charge in [-0.1, -0.05) is 39.8 Å². The highest BCUT2D eigenvalue weighted by Gasteiger charge is 2.68. The van der Waals surface area contributed by atoms with E-state index in [2.05, 4.69) is 52.9 Å². The second-order valence-electron chi connectivity index (χ2n) is 9.46. The minimum Gasteiger partial charge on any atom is -0.414 e. The fraction of sp³-hybridized carbons (Fsp3) is 0.850. The van der Waals surface area contributed by atoms with Crippen molar-refractivity contribution in [1.29, 1.82) is 0 Å². The third-order valence-electron chi connectivity index (χ3n) is 7.97. The fourth-order valence-corrected chi connectivity index (χ4v) is 7.36. The van der Waals surface area contributed by atoms with Crippen LogP contribution >= 0.6 is 0 Å². The molecule has 0 aromatic rings. The zero-order valence-electron chi connectivity index (χ0n) is 16.7. The number of carbonyl (C=O) groups is 1. The molecule has 0 N–H and O–H groups in total. The monoisotopic (exact) mass is 366 g/mol. The van der Waals surface area contributed by atoms with Gasteiger partial charge in [-0.15, -0.1) is 0 Å². The normalized spacial score (nSPS) is 40.1. The molecule has 3 aliphatic rings. The van der Waals surface area contributed by atoms with E-state index in [4.69, 9.17) is 13.9 Å². The molecule has 3 rings (SSSR count). The topological polar surface area (TPSA) is 44.8 Å². The van der Waals surface area contributed by atoms with Crippen LogP contribution in [0.25, 0.3) is 0 Å². The summed E-state index contributed by atoms with van der Waals surface area (Å²) in [7, 11) is -0.279. The lowest BCUT2D eigenvalue weighted by atomic mass is 9.67. The van der Waals surface area contributed by atoms with Crippen molar-refractivity contribution in [3.63, 3.8) is 0 Å². The molecule has 25 heavy (non-hydrogen) atoms. The maximum absolute atomic E-state index is 12.3. The zero-order valence-corrected chi connectivity index (χ0v) is 17.7. The van der Waals surface area contributed by atoms with Crippen LogP contribution in [0, 0.1) is 29.1 Å². The van der Waals surface area contributed by atoms with E-state index in [9.17, 15) is 4.79 Å². The molecule has 2 aliphatic carbocycles. The summed E-state index contributed by atoms with van der Waals surface area (Å²) in [6.45, 7) is 14.2. The SMILES string of the molecule is CO[C@@H]1O[C@H](CO[Si](C)(C)C(C)(C)C(C)C)[C@]2(C=O)C1[C@H]1C=C[C@@H]2C1. The van der Waals surface area contributed by atoms with Crippen LogP contribution < -0.4 is 0 Å². The highest BCUT2D eigenvalue weighted by molar-refractivity contribution is 6.74. The average molecular weight is 367 g/mol. The summed E-state index contributed by atoms with van der Waals surface area (Å²) in [6.07, 6.45) is 6.14. The van der Waals surface area contributed by atoms with Crippen molar-refractivity contribution >= 4 is 14.6 Å². The molecule has 1 saturated carbocycles. The van der Waals surface area contributed by atoms with Gasteiger partial charge in [-0.05, 0) is 42.3 Å². The van der Waals surface area contributed by atoms with Crippen LogP contribution in [0.1, 0.15) is 34.1 Å². The van der Waals surface area contributed by atoms with Gasteiger partial charge in [-0.3, -0.25) is 0 Å². The first-order chi connectivity index (χ1) is 11.6. The molecule has 2 fully saturated rings. The molecule has 0 aromatic heterocycles. The van der Waals surface area contributed by atoms with Gasteiger partial charge < -0.3 is 18.7 Å². The van der Waals surface area contributed by atoms with E-state index < -0.39 is 13.7 Å². The van der Waals surface area contributed by atoms with E-state index in [0.717, 1.165) is 12.7 Å². The lowest BCUT2D eigenvalue weighted by Gasteiger charge is -2.44. The predicted molar refractivity (Wildman–Crippen MR) is 101 cm³/mol. The third kappa shape index (κ3) is 2.61. The van der Waals surface area contributed by atoms with Crippen LogP contribution in [0.5, 0.6) is 0 Å². The van der Waals surface area contributed by atoms with Gasteiger partial charge in [0.15, 0.2) is 14.6 Å². The summed E-state index contributed by atoms with van der Waals surface area (Å²) in [5.41, 5.74) is -0.480. The standard InChI is InChI=1S/C20H34O4Si/c1-13(2)19(3,4)25(6,7)23-11-16-20(12-21)15-9-8-14(10-15)17(20)18(22-5)24-16/h8-9,12-18H,10-11H2,1-7H3/t14-,15+,16+,17?,18+,20+/m0/s1. The maximum atomic E-state index is 12.3. The van der Waals surface area contributed by atoms with Crippen molar-refractivity contribution < 1.29 is 18.7 Å². The zero-order chi connectivity index (χ0) is 18.6. The van der Waals surface area contributed by atoms with Gasteiger partial charge in [0.1, 0.15) is 6.29 Å². The van der Waals surface area contributed by atoms with Gasteiger partial charge >= 0.3 is 0 Å². The summed E-state index contributed by atoms with van der Waals surface area (Å²) < 4.78 is 18.4. The Morgan fingerprint density at radius 2 is 2.04 bits per heavy atom. The summed E-state index contributed by atoms with van der Waals surface area (Å²) in [5.74, 6) is 1.32. The quantitative estimate of drug-likeness (QED) is 0.388. The summed E-state index contributed by atoms with van der Waals surface area (Å²) >= 11 is 0. The lowest BCUT2D eigenvalue weighted by molar-refractivity contribution is -0.145. The minimum atomic E-state index is -1.96. The Morgan fingerprint density at radius 3 is 2.60 bits per heavy atom. The second-order valence-corrected chi connectivity index (χ2v) is 14.1. The summed E-state index contributed by atoms with van der Waals surface area (Å²) in [4.78, 5) is 12.3. The Balaban J connectivity index is 1.81. The van der Waals surface area contributed by atoms with E-state index >= 15 is 0 Å². The molecule has 1 saturated heterocycles. The molecule has 0 aromatic carbocycles. The first-order valence-corrected chi connectivity index (χ1v) is 12.5. The Bertz CT molecular complexity index is 556. The fourth-order valence-electron chi connectivity index (χ4n) is 5.03. The van der Waals surface area contributed by atoms with Gasteiger partial charge in [0.05, 0.1) is 18.1 Å². The van der Waals surface area contributed by atoms with Crippen molar-refractivity contribution in [3.05, 3.63) is 12.2 Å². The number of hydrogen-bond acceptors (Lipinski definition) is 4. The molecule has 4 nitrogen and oxygen atoms in total. The van der Waals surface area contributed by atoms with E-state index in [0.29, 0.717) is 18.4 Å². The number of hydrogen-bond donors (Lipinski definition) is 0. The number of aldehydes is 1. The molecular formula is C20H34O4Si. The molecule has 0 radical (unpaired) electrons. The molecule has 1 aliphatic heterocycles.